The summed E-state index contributed by atoms with van der Waals surface area (Å²) in [7, 11) is 0. The van der Waals surface area contributed by atoms with Crippen LogP contribution in [0, 0.1) is 0 Å². The van der Waals surface area contributed by atoms with Crippen molar-refractivity contribution >= 4 is 45.3 Å². The zero-order chi connectivity index (χ0) is 30.5. The van der Waals surface area contributed by atoms with Crippen molar-refractivity contribution in [3.63, 3.8) is 0 Å². The molecule has 48 heavy (non-hydrogen) atoms. The maximum atomic E-state index is 5.27. The first-order valence-electron chi connectivity index (χ1n) is 15.6. The fourth-order valence-corrected chi connectivity index (χ4v) is 6.51. The zero-order valence-corrected chi connectivity index (χ0v) is 27.0. The van der Waals surface area contributed by atoms with Crippen molar-refractivity contribution in [2.24, 2.45) is 0 Å². The first-order valence-corrected chi connectivity index (χ1v) is 15.6. The quantitative estimate of drug-likeness (QED) is 0.244. The van der Waals surface area contributed by atoms with Gasteiger partial charge in [-0.1, -0.05) is 169 Å². The van der Waals surface area contributed by atoms with Gasteiger partial charge in [-0.15, -0.1) is 11.4 Å². The third-order valence-corrected chi connectivity index (χ3v) is 8.92. The van der Waals surface area contributed by atoms with E-state index >= 15 is 0 Å². The summed E-state index contributed by atoms with van der Waals surface area (Å²) >= 11 is 0. The van der Waals surface area contributed by atoms with Crippen LogP contribution in [0.15, 0.2) is 146 Å². The van der Waals surface area contributed by atoms with Crippen LogP contribution in [0.5, 0.6) is 0 Å². The van der Waals surface area contributed by atoms with Crippen LogP contribution >= 0.6 is 0 Å². The molecular formula is C42H28Li2N4. The Kier molecular flexibility index (Phi) is 8.85. The predicted octanol–water partition coefficient (Wildman–Crippen LogP) is 5.67. The van der Waals surface area contributed by atoms with E-state index in [-0.39, 0.29) is 49.8 Å². The Hall–Kier alpha value is -4.81. The Labute approximate surface area is 304 Å². The third-order valence-electron chi connectivity index (χ3n) is 8.92. The molecule has 0 N–H and O–H groups in total. The topological polar surface area (TPSA) is 54.0 Å². The van der Waals surface area contributed by atoms with Crippen LogP contribution in [0.1, 0.15) is 34.3 Å². The Bertz CT molecular complexity index is 2170. The SMILES string of the molecule is C1=CC(c2cccc(C3C=Cc4ccc5ccc(-c6ccccc6)nc5c4[N-]3)c2)[N-]c2c1ccc1ccc(-c3ccccc3)nc21.[Li+].[Li+]. The summed E-state index contributed by atoms with van der Waals surface area (Å²) in [6.07, 6.45) is 8.72. The molecule has 5 aromatic carbocycles. The number of fused-ring (bicyclic) bond motifs is 6. The molecule has 7 aromatic rings. The number of pyridine rings is 2. The Morgan fingerprint density at radius 2 is 0.875 bits per heavy atom. The van der Waals surface area contributed by atoms with E-state index in [0.717, 1.165) is 77.9 Å². The van der Waals surface area contributed by atoms with E-state index in [2.05, 4.69) is 121 Å². The number of hydrogen-bond acceptors (Lipinski definition) is 2. The monoisotopic (exact) mass is 602 g/mol. The van der Waals surface area contributed by atoms with Gasteiger partial charge in [0.1, 0.15) is 0 Å². The molecule has 2 aliphatic rings. The van der Waals surface area contributed by atoms with Gasteiger partial charge in [-0.3, -0.25) is 0 Å². The Balaban J connectivity index is 0.00000182. The Morgan fingerprint density at radius 1 is 0.438 bits per heavy atom. The van der Waals surface area contributed by atoms with Crippen LogP contribution in [0.2, 0.25) is 0 Å². The number of benzene rings is 5. The largest absolute Gasteiger partial charge is 1.00 e. The summed E-state index contributed by atoms with van der Waals surface area (Å²) < 4.78 is 0. The van der Waals surface area contributed by atoms with Crippen molar-refractivity contribution in [2.75, 3.05) is 0 Å². The fourth-order valence-electron chi connectivity index (χ4n) is 6.51. The van der Waals surface area contributed by atoms with Gasteiger partial charge in [0.2, 0.25) is 0 Å². The molecule has 0 fully saturated rings. The molecule has 9 rings (SSSR count). The van der Waals surface area contributed by atoms with E-state index in [4.69, 9.17) is 20.6 Å². The molecule has 0 aliphatic carbocycles. The van der Waals surface area contributed by atoms with Gasteiger partial charge in [0, 0.05) is 11.1 Å². The van der Waals surface area contributed by atoms with E-state index in [1.165, 1.54) is 0 Å². The second kappa shape index (κ2) is 13.4. The van der Waals surface area contributed by atoms with Crippen molar-refractivity contribution in [3.05, 3.63) is 178 Å². The van der Waals surface area contributed by atoms with Crippen LogP contribution < -0.4 is 37.7 Å². The first kappa shape index (κ1) is 31.8. The Morgan fingerprint density at radius 3 is 1.33 bits per heavy atom. The van der Waals surface area contributed by atoms with Crippen molar-refractivity contribution < 1.29 is 37.7 Å². The molecule has 0 saturated carbocycles. The van der Waals surface area contributed by atoms with E-state index in [9.17, 15) is 0 Å². The van der Waals surface area contributed by atoms with Gasteiger partial charge in [-0.2, -0.15) is 0 Å². The molecule has 4 heterocycles. The van der Waals surface area contributed by atoms with E-state index < -0.39 is 0 Å². The van der Waals surface area contributed by atoms with Crippen LogP contribution in [0.4, 0.5) is 11.4 Å². The number of aromatic nitrogens is 2. The standard InChI is InChI=1S/C42H28N4.2Li/c1-3-8-27(9-4-1)35-22-18-29-14-16-31-20-24-37(45-41(31)39(29)43-35)33-12-7-13-34(26-33)38-25-21-32-17-15-30-19-23-36(28-10-5-2-6-11-28)44-40(30)42(32)46-38;;/h1-26,37-38H;;/q-2;2*+1. The van der Waals surface area contributed by atoms with Crippen LogP contribution in [-0.2, 0) is 0 Å². The molecule has 0 radical (unpaired) electrons. The van der Waals surface area contributed by atoms with Gasteiger partial charge < -0.3 is 10.6 Å². The zero-order valence-electron chi connectivity index (χ0n) is 27.0. The molecule has 0 amide bonds. The molecular weight excluding hydrogens is 574 g/mol. The first-order chi connectivity index (χ1) is 22.8. The number of hydrogen-bond donors (Lipinski definition) is 0. The maximum Gasteiger partial charge on any atom is 1.00 e. The van der Waals surface area contributed by atoms with E-state index in [1.54, 1.807) is 0 Å². The molecule has 2 aliphatic heterocycles. The van der Waals surface area contributed by atoms with Gasteiger partial charge in [-0.05, 0) is 34.0 Å². The van der Waals surface area contributed by atoms with Crippen LogP contribution in [0.3, 0.4) is 0 Å². The van der Waals surface area contributed by atoms with Crippen molar-refractivity contribution in [2.45, 2.75) is 12.1 Å². The average Bonchev–Trinajstić information content (AvgIpc) is 3.14. The third kappa shape index (κ3) is 5.79. The number of rotatable bonds is 4. The molecule has 2 unspecified atom stereocenters. The van der Waals surface area contributed by atoms with Crippen LogP contribution in [-0.4, -0.2) is 9.97 Å². The summed E-state index contributed by atoms with van der Waals surface area (Å²) in [6.45, 7) is 0. The average molecular weight is 603 g/mol. The fraction of sp³-hybridized carbons (Fsp3) is 0.0476. The van der Waals surface area contributed by atoms with Gasteiger partial charge >= 0.3 is 37.7 Å². The smallest absolute Gasteiger partial charge is 0.673 e. The summed E-state index contributed by atoms with van der Waals surface area (Å²) in [6, 6.07) is 46.1. The van der Waals surface area contributed by atoms with Gasteiger partial charge in [0.15, 0.2) is 0 Å². The second-order valence-corrected chi connectivity index (χ2v) is 11.8. The van der Waals surface area contributed by atoms with Gasteiger partial charge in [0.05, 0.1) is 22.4 Å². The maximum absolute atomic E-state index is 5.27. The van der Waals surface area contributed by atoms with E-state index in [0.29, 0.717) is 0 Å². The molecule has 2 aromatic heterocycles. The minimum absolute atomic E-state index is 0. The molecule has 2 atom stereocenters. The molecule has 0 spiro atoms. The van der Waals surface area contributed by atoms with Gasteiger partial charge in [0.25, 0.3) is 0 Å². The normalized spacial score (nSPS) is 15.8. The molecule has 6 heteroatoms. The minimum atomic E-state index is -0.115. The van der Waals surface area contributed by atoms with Crippen LogP contribution in [0.25, 0.3) is 67.1 Å². The van der Waals surface area contributed by atoms with Crippen molar-refractivity contribution in [1.82, 2.24) is 9.97 Å². The molecule has 0 bridgehead atoms. The van der Waals surface area contributed by atoms with Crippen molar-refractivity contribution in [1.29, 1.82) is 0 Å². The summed E-state index contributed by atoms with van der Waals surface area (Å²) in [5.74, 6) is 0. The summed E-state index contributed by atoms with van der Waals surface area (Å²) in [5, 5.41) is 12.7. The molecule has 0 saturated heterocycles. The van der Waals surface area contributed by atoms with E-state index in [1.807, 2.05) is 36.4 Å². The summed E-state index contributed by atoms with van der Waals surface area (Å²) in [5.41, 5.74) is 12.3. The minimum Gasteiger partial charge on any atom is -0.673 e. The van der Waals surface area contributed by atoms with Gasteiger partial charge in [-0.25, -0.2) is 9.97 Å². The second-order valence-electron chi connectivity index (χ2n) is 11.8. The predicted molar refractivity (Wildman–Crippen MR) is 190 cm³/mol. The number of nitrogens with zero attached hydrogens (tertiary/aromatic N) is 4. The molecule has 4 nitrogen and oxygen atoms in total. The summed E-state index contributed by atoms with van der Waals surface area (Å²) in [4.78, 5) is 10.2. The van der Waals surface area contributed by atoms with Crippen molar-refractivity contribution in [3.8, 4) is 22.5 Å². The molecule has 218 valence electrons.